The quantitative estimate of drug-likeness (QED) is 0.112. The molecule has 79 heavy (non-hydrogen) atoms. The molecule has 0 unspecified atom stereocenters. The van der Waals surface area contributed by atoms with E-state index < -0.39 is 0 Å². The highest BCUT2D eigenvalue weighted by molar-refractivity contribution is 14.1. The molecular weight excluding hydrogens is 1740 g/mol. The summed E-state index contributed by atoms with van der Waals surface area (Å²) >= 11 is 26.8. The predicted octanol–water partition coefficient (Wildman–Crippen LogP) is 16.9. The molecule has 0 fully saturated rings. The van der Waals surface area contributed by atoms with Crippen molar-refractivity contribution < 1.29 is 34.3 Å². The summed E-state index contributed by atoms with van der Waals surface area (Å²) in [7, 11) is 0. The van der Waals surface area contributed by atoms with Gasteiger partial charge in [-0.15, -0.1) is 0 Å². The van der Waals surface area contributed by atoms with Crippen LogP contribution in [0.4, 0.5) is 0 Å². The number of phenols is 3. The second kappa shape index (κ2) is 29.2. The van der Waals surface area contributed by atoms with Crippen molar-refractivity contribution >= 4 is 175 Å². The molecule has 9 aromatic rings. The second-order valence-electron chi connectivity index (χ2n) is 16.8. The fourth-order valence-electron chi connectivity index (χ4n) is 7.85. The summed E-state index contributed by atoms with van der Waals surface area (Å²) in [6.07, 6.45) is 11.0. The SMILES string of the molecule is Brc1ccc2c(c1)OCCn1c-2nc(I)c1I.Brc1ccc2c(c1)OCCn1cc(I)nc1-2.Brc1ccc2c(c1)OCCn1ccnc1-2.O=Cc1ccc(Br)cc1O.Oc1cc(Br)ccc1C1=NC=CC1.Oc1cccc(Br)c1. The molecule has 0 amide bonds. The number of ether oxygens (including phenoxy) is 3. The number of aldehydes is 1. The third-order valence-corrected chi connectivity index (χ3v) is 17.8. The molecule has 3 aromatic heterocycles. The number of rotatable bonds is 2. The molecule has 14 nitrogen and oxygen atoms in total. The molecule has 0 bridgehead atoms. The Morgan fingerprint density at radius 3 is 1.63 bits per heavy atom. The first-order valence-electron chi connectivity index (χ1n) is 23.6. The van der Waals surface area contributed by atoms with Crippen LogP contribution in [0.2, 0.25) is 0 Å². The number of aliphatic imine (C=N–C) groups is 1. The molecule has 406 valence electrons. The number of carbonyl (C=O) groups excluding carboxylic acids is 1. The van der Waals surface area contributed by atoms with Crippen LogP contribution >= 0.6 is 163 Å². The summed E-state index contributed by atoms with van der Waals surface area (Å²) in [6.45, 7) is 4.59. The molecule has 0 spiro atoms. The van der Waals surface area contributed by atoms with Crippen molar-refractivity contribution in [3.63, 3.8) is 0 Å². The van der Waals surface area contributed by atoms with E-state index in [1.807, 2.05) is 85.2 Å². The number of carbonyl (C=O) groups is 1. The lowest BCUT2D eigenvalue weighted by Gasteiger charge is -2.05. The van der Waals surface area contributed by atoms with Gasteiger partial charge in [-0.2, -0.15) is 0 Å². The highest BCUT2D eigenvalue weighted by Gasteiger charge is 2.22. The summed E-state index contributed by atoms with van der Waals surface area (Å²) in [5.74, 6) is 6.24. The number of allylic oxidation sites excluding steroid dienone is 1. The standard InChI is InChI=1S/C11H7BrI2N2O.C11H8BrIN2O.C11H9BrN2O.C10H8BrNO.C7H5BrO2.C6H5BrO/c12-6-1-2-7-8(5-6)17-4-3-16-10(14)9(13)15-11(7)16;12-7-1-2-8-9(5-7)16-4-3-15-6-10(13)14-11(8)15;12-8-1-2-9-10(7-8)15-6-5-14-4-3-13-11(9)14;11-7-3-4-8(10(13)6-7)9-2-1-5-12-9;8-6-2-1-5(4-9)7(10)3-6;7-5-2-1-3-6(8)4-5/h1-2,5H,3-4H2;1-2,5-6H,3-4H2;1-4,7H,5-6H2;1,3-6,13H,2H2;1-4,10H;1-4,8H. The van der Waals surface area contributed by atoms with E-state index >= 15 is 0 Å². The lowest BCUT2D eigenvalue weighted by atomic mass is 10.1. The molecule has 6 aromatic carbocycles. The van der Waals surface area contributed by atoms with Crippen molar-refractivity contribution in [3.8, 4) is 68.7 Å². The number of fused-ring (bicyclic) bond motifs is 9. The number of hydrogen-bond acceptors (Lipinski definition) is 11. The number of imidazole rings is 3. The topological polar surface area (TPSA) is 171 Å². The molecule has 0 radical (unpaired) electrons. The van der Waals surface area contributed by atoms with Crippen LogP contribution < -0.4 is 14.2 Å². The molecular formula is C56H42Br6I3N7O7. The monoisotopic (exact) mass is 1780 g/mol. The van der Waals surface area contributed by atoms with Gasteiger partial charge in [0.2, 0.25) is 0 Å². The summed E-state index contributed by atoms with van der Waals surface area (Å²) < 4.78 is 32.5. The predicted molar refractivity (Wildman–Crippen MR) is 354 cm³/mol. The zero-order valence-corrected chi connectivity index (χ0v) is 56.9. The van der Waals surface area contributed by atoms with Gasteiger partial charge in [-0.3, -0.25) is 9.79 Å². The zero-order valence-electron chi connectivity index (χ0n) is 40.9. The lowest BCUT2D eigenvalue weighted by molar-refractivity contribution is 0.112. The number of nitrogens with zero attached hydrogens (tertiary/aromatic N) is 7. The van der Waals surface area contributed by atoms with E-state index in [4.69, 9.17) is 24.4 Å². The average Bonchev–Trinajstić information content (AvgIpc) is 4.23. The van der Waals surface area contributed by atoms with Gasteiger partial charge in [0, 0.05) is 63.6 Å². The van der Waals surface area contributed by atoms with Crippen molar-refractivity contribution in [3.05, 3.63) is 195 Å². The summed E-state index contributed by atoms with van der Waals surface area (Å²) in [5, 5.41) is 27.4. The van der Waals surface area contributed by atoms with E-state index in [2.05, 4.69) is 209 Å². The number of halogens is 9. The smallest absolute Gasteiger partial charge is 0.153 e. The van der Waals surface area contributed by atoms with Gasteiger partial charge in [0.25, 0.3) is 0 Å². The highest BCUT2D eigenvalue weighted by Crippen LogP contribution is 2.38. The van der Waals surface area contributed by atoms with Crippen LogP contribution in [0, 0.1) is 11.1 Å². The van der Waals surface area contributed by atoms with Gasteiger partial charge in [-0.25, -0.2) is 15.0 Å². The van der Waals surface area contributed by atoms with E-state index in [0.29, 0.717) is 37.4 Å². The Labute approximate surface area is 546 Å². The molecule has 7 heterocycles. The van der Waals surface area contributed by atoms with E-state index in [-0.39, 0.29) is 11.5 Å². The van der Waals surface area contributed by atoms with E-state index in [0.717, 1.165) is 123 Å². The van der Waals surface area contributed by atoms with Crippen LogP contribution in [0.25, 0.3) is 34.2 Å². The fourth-order valence-corrected chi connectivity index (χ4v) is 11.6. The first kappa shape index (κ1) is 61.0. The summed E-state index contributed by atoms with van der Waals surface area (Å²) in [5.41, 5.74) is 5.22. The van der Waals surface area contributed by atoms with Gasteiger partial charge in [-0.1, -0.05) is 108 Å². The first-order valence-corrected chi connectivity index (χ1v) is 31.6. The minimum absolute atomic E-state index is 0.00405. The normalized spacial score (nSPS) is 12.8. The van der Waals surface area contributed by atoms with Crippen molar-refractivity contribution in [1.29, 1.82) is 0 Å². The first-order chi connectivity index (χ1) is 38.0. The number of aromatic nitrogens is 6. The molecule has 4 aliphatic rings. The Balaban J connectivity index is 0.000000127. The average molecular weight is 1790 g/mol. The van der Waals surface area contributed by atoms with E-state index in [9.17, 15) is 9.90 Å². The molecule has 0 aliphatic carbocycles. The summed E-state index contributed by atoms with van der Waals surface area (Å²) in [4.78, 5) is 27.8. The van der Waals surface area contributed by atoms with Crippen molar-refractivity contribution in [2.24, 2.45) is 4.99 Å². The van der Waals surface area contributed by atoms with Gasteiger partial charge in [0.05, 0.1) is 47.6 Å². The van der Waals surface area contributed by atoms with E-state index in [1.165, 1.54) is 9.77 Å². The Morgan fingerprint density at radius 2 is 1.09 bits per heavy atom. The number of benzene rings is 6. The molecule has 0 saturated heterocycles. The maximum absolute atomic E-state index is 10.2. The Morgan fingerprint density at radius 1 is 0.557 bits per heavy atom. The van der Waals surface area contributed by atoms with Gasteiger partial charge < -0.3 is 43.2 Å². The van der Waals surface area contributed by atoms with Gasteiger partial charge in [-0.05, 0) is 177 Å². The minimum atomic E-state index is 0.00405. The van der Waals surface area contributed by atoms with Crippen molar-refractivity contribution in [2.45, 2.75) is 26.1 Å². The molecule has 3 N–H and O–H groups in total. The van der Waals surface area contributed by atoms with E-state index in [1.54, 1.807) is 42.6 Å². The zero-order chi connectivity index (χ0) is 56.2. The van der Waals surface area contributed by atoms with Crippen LogP contribution in [-0.2, 0) is 19.6 Å². The van der Waals surface area contributed by atoms with Crippen molar-refractivity contribution in [2.75, 3.05) is 19.8 Å². The lowest BCUT2D eigenvalue weighted by Crippen LogP contribution is -2.07. The van der Waals surface area contributed by atoms with Gasteiger partial charge >= 0.3 is 0 Å². The van der Waals surface area contributed by atoms with Crippen molar-refractivity contribution in [1.82, 2.24) is 28.7 Å². The molecule has 4 aliphatic heterocycles. The Kier molecular flexibility index (Phi) is 22.6. The summed E-state index contributed by atoms with van der Waals surface area (Å²) in [6, 6.07) is 35.2. The maximum Gasteiger partial charge on any atom is 0.153 e. The molecule has 13 rings (SSSR count). The Hall–Kier alpha value is -4.10. The number of hydrogen-bond donors (Lipinski definition) is 3. The van der Waals surface area contributed by atoms with Crippen LogP contribution in [0.1, 0.15) is 22.3 Å². The van der Waals surface area contributed by atoms with Crippen LogP contribution in [-0.4, -0.2) is 75.8 Å². The largest absolute Gasteiger partial charge is 0.508 e. The van der Waals surface area contributed by atoms with Crippen LogP contribution in [0.15, 0.2) is 178 Å². The number of aromatic hydroxyl groups is 3. The fraction of sp³-hybridized carbons (Fsp3) is 0.125. The second-order valence-corrected chi connectivity index (χ2v) is 25.4. The number of phenolic OH excluding ortho intramolecular Hbond substituents is 3. The van der Waals surface area contributed by atoms with Gasteiger partial charge in [0.15, 0.2) is 6.29 Å². The van der Waals surface area contributed by atoms with Gasteiger partial charge in [0.1, 0.15) is 82.9 Å². The maximum atomic E-state index is 10.2. The third kappa shape index (κ3) is 16.6. The van der Waals surface area contributed by atoms with Crippen LogP contribution in [0.5, 0.6) is 34.5 Å². The Bertz CT molecular complexity index is 3690. The molecule has 23 heteroatoms. The molecule has 0 atom stereocenters. The minimum Gasteiger partial charge on any atom is -0.508 e. The third-order valence-electron chi connectivity index (χ3n) is 11.5. The highest BCUT2D eigenvalue weighted by atomic mass is 127. The molecule has 0 saturated carbocycles. The van der Waals surface area contributed by atoms with Crippen LogP contribution in [0.3, 0.4) is 0 Å².